The van der Waals surface area contributed by atoms with Crippen LogP contribution in [-0.2, 0) is 16.1 Å². The number of methoxy groups -OCH3 is 1. The third-order valence-corrected chi connectivity index (χ3v) is 4.67. The van der Waals surface area contributed by atoms with Crippen molar-refractivity contribution in [3.8, 4) is 5.75 Å². The normalized spacial score (nSPS) is 21.3. The topological polar surface area (TPSA) is 75.7 Å². The molecule has 2 aliphatic heterocycles. The fourth-order valence-electron chi connectivity index (χ4n) is 2.81. The van der Waals surface area contributed by atoms with E-state index in [-0.39, 0.29) is 18.2 Å². The van der Waals surface area contributed by atoms with Gasteiger partial charge in [0.05, 0.1) is 17.2 Å². The summed E-state index contributed by atoms with van der Waals surface area (Å²) in [6, 6.07) is 2.99. The minimum absolute atomic E-state index is 0.186. The van der Waals surface area contributed by atoms with E-state index in [9.17, 15) is 14.4 Å². The predicted octanol–water partition coefficient (Wildman–Crippen LogP) is 1.06. The van der Waals surface area contributed by atoms with Crippen LogP contribution < -0.4 is 10.1 Å². The minimum atomic E-state index is -0.593. The van der Waals surface area contributed by atoms with Crippen LogP contribution in [0.1, 0.15) is 28.8 Å². The van der Waals surface area contributed by atoms with Gasteiger partial charge in [-0.15, -0.1) is 0 Å². The maximum Gasteiger partial charge on any atom is 0.255 e. The molecule has 0 spiro atoms. The summed E-state index contributed by atoms with van der Waals surface area (Å²) in [5.74, 6) is -0.195. The van der Waals surface area contributed by atoms with Crippen LogP contribution in [0, 0.1) is 3.57 Å². The predicted molar refractivity (Wildman–Crippen MR) is 81.8 cm³/mol. The van der Waals surface area contributed by atoms with E-state index in [1.54, 1.807) is 13.2 Å². The van der Waals surface area contributed by atoms with Gasteiger partial charge >= 0.3 is 0 Å². The van der Waals surface area contributed by atoms with Crippen molar-refractivity contribution >= 4 is 40.3 Å². The molecule has 1 unspecified atom stereocenters. The number of hydrogen-bond acceptors (Lipinski definition) is 4. The number of carbonyl (C=O) groups is 3. The Morgan fingerprint density at radius 1 is 1.33 bits per heavy atom. The highest BCUT2D eigenvalue weighted by Crippen LogP contribution is 2.36. The molecule has 110 valence electrons. The Balaban J connectivity index is 1.93. The van der Waals surface area contributed by atoms with Crippen LogP contribution in [0.5, 0.6) is 5.75 Å². The summed E-state index contributed by atoms with van der Waals surface area (Å²) in [5.41, 5.74) is 1.37. The second kappa shape index (κ2) is 5.28. The number of fused-ring (bicyclic) bond motifs is 1. The third kappa shape index (κ3) is 2.29. The molecule has 1 N–H and O–H groups in total. The number of imide groups is 1. The molecule has 1 atom stereocenters. The third-order valence-electron chi connectivity index (χ3n) is 3.82. The summed E-state index contributed by atoms with van der Waals surface area (Å²) in [4.78, 5) is 37.2. The maximum atomic E-state index is 12.5. The van der Waals surface area contributed by atoms with Crippen LogP contribution in [0.15, 0.2) is 12.1 Å². The van der Waals surface area contributed by atoms with Gasteiger partial charge in [-0.2, -0.15) is 0 Å². The number of carbonyl (C=O) groups excluding carboxylic acids is 3. The van der Waals surface area contributed by atoms with Crippen molar-refractivity contribution < 1.29 is 19.1 Å². The number of benzene rings is 1. The summed E-state index contributed by atoms with van der Waals surface area (Å²) in [6.07, 6.45) is 0.620. The van der Waals surface area contributed by atoms with Gasteiger partial charge in [0.15, 0.2) is 0 Å². The Morgan fingerprint density at radius 2 is 2.10 bits per heavy atom. The first kappa shape index (κ1) is 14.3. The zero-order valence-electron chi connectivity index (χ0n) is 11.3. The molecule has 1 saturated heterocycles. The number of nitrogens with one attached hydrogen (secondary N) is 1. The first-order chi connectivity index (χ1) is 10.0. The smallest absolute Gasteiger partial charge is 0.255 e. The van der Waals surface area contributed by atoms with Gasteiger partial charge in [-0.25, -0.2) is 0 Å². The van der Waals surface area contributed by atoms with Crippen molar-refractivity contribution in [3.63, 3.8) is 0 Å². The molecule has 0 aromatic heterocycles. The molecule has 3 rings (SSSR count). The number of nitrogens with zero attached hydrogens (tertiary/aromatic N) is 1. The van der Waals surface area contributed by atoms with E-state index < -0.39 is 11.9 Å². The number of amides is 3. The van der Waals surface area contributed by atoms with Gasteiger partial charge in [-0.05, 0) is 41.1 Å². The molecule has 7 heteroatoms. The Labute approximate surface area is 135 Å². The van der Waals surface area contributed by atoms with Crippen molar-refractivity contribution in [3.05, 3.63) is 26.8 Å². The second-order valence-electron chi connectivity index (χ2n) is 5.01. The number of rotatable bonds is 2. The fraction of sp³-hybridized carbons (Fsp3) is 0.357. The molecule has 1 fully saturated rings. The first-order valence-electron chi connectivity index (χ1n) is 6.53. The summed E-state index contributed by atoms with van der Waals surface area (Å²) >= 11 is 2.15. The fourth-order valence-corrected chi connectivity index (χ4v) is 3.53. The second-order valence-corrected chi connectivity index (χ2v) is 6.17. The van der Waals surface area contributed by atoms with Gasteiger partial charge in [0.2, 0.25) is 11.8 Å². The van der Waals surface area contributed by atoms with E-state index in [1.807, 2.05) is 6.07 Å². The van der Waals surface area contributed by atoms with Crippen molar-refractivity contribution in [1.29, 1.82) is 0 Å². The standard InChI is InChI=1S/C14H13IN2O4/c1-21-12-8-6-17(10-4-5-11(18)16-13(10)19)14(20)7(8)2-3-9(12)15/h2-3,10H,4-6H2,1H3,(H,16,18,19). The van der Waals surface area contributed by atoms with Crippen LogP contribution >= 0.6 is 22.6 Å². The maximum absolute atomic E-state index is 12.5. The van der Waals surface area contributed by atoms with Gasteiger partial charge in [0, 0.05) is 17.5 Å². The van der Waals surface area contributed by atoms with Crippen molar-refractivity contribution in [2.45, 2.75) is 25.4 Å². The highest BCUT2D eigenvalue weighted by Gasteiger charge is 2.40. The minimum Gasteiger partial charge on any atom is -0.495 e. The van der Waals surface area contributed by atoms with Gasteiger partial charge < -0.3 is 9.64 Å². The average Bonchev–Trinajstić information content (AvgIpc) is 2.76. The lowest BCUT2D eigenvalue weighted by Gasteiger charge is -2.29. The zero-order chi connectivity index (χ0) is 15.1. The number of hydrogen-bond donors (Lipinski definition) is 1. The molecule has 0 aliphatic carbocycles. The zero-order valence-corrected chi connectivity index (χ0v) is 13.5. The molecule has 3 amide bonds. The molecule has 21 heavy (non-hydrogen) atoms. The summed E-state index contributed by atoms with van der Waals surface area (Å²) in [5, 5.41) is 2.29. The average molecular weight is 400 g/mol. The van der Waals surface area contributed by atoms with E-state index >= 15 is 0 Å². The van der Waals surface area contributed by atoms with Crippen LogP contribution in [0.3, 0.4) is 0 Å². The monoisotopic (exact) mass is 400 g/mol. The molecule has 0 saturated carbocycles. The van der Waals surface area contributed by atoms with E-state index in [2.05, 4.69) is 27.9 Å². The molecule has 0 radical (unpaired) electrons. The van der Waals surface area contributed by atoms with E-state index in [0.717, 1.165) is 9.13 Å². The lowest BCUT2D eigenvalue weighted by atomic mass is 10.0. The van der Waals surface area contributed by atoms with Crippen LogP contribution in [0.4, 0.5) is 0 Å². The van der Waals surface area contributed by atoms with Crippen molar-refractivity contribution in [1.82, 2.24) is 10.2 Å². The largest absolute Gasteiger partial charge is 0.495 e. The highest BCUT2D eigenvalue weighted by molar-refractivity contribution is 14.1. The molecular formula is C14H13IN2O4. The van der Waals surface area contributed by atoms with Crippen molar-refractivity contribution in [2.24, 2.45) is 0 Å². The molecule has 1 aromatic carbocycles. The molecular weight excluding hydrogens is 387 g/mol. The van der Waals surface area contributed by atoms with E-state index in [1.165, 1.54) is 4.90 Å². The first-order valence-corrected chi connectivity index (χ1v) is 7.61. The van der Waals surface area contributed by atoms with Gasteiger partial charge in [0.1, 0.15) is 11.8 Å². The van der Waals surface area contributed by atoms with Crippen LogP contribution in [0.25, 0.3) is 0 Å². The highest BCUT2D eigenvalue weighted by atomic mass is 127. The Kier molecular flexibility index (Phi) is 3.60. The Bertz CT molecular complexity index is 659. The molecule has 6 nitrogen and oxygen atoms in total. The number of halogens is 1. The lowest BCUT2D eigenvalue weighted by Crippen LogP contribution is -2.52. The number of ether oxygens (including phenoxy) is 1. The van der Waals surface area contributed by atoms with Crippen LogP contribution in [-0.4, -0.2) is 35.8 Å². The molecule has 2 heterocycles. The van der Waals surface area contributed by atoms with E-state index in [4.69, 9.17) is 4.74 Å². The van der Waals surface area contributed by atoms with Gasteiger partial charge in [-0.3, -0.25) is 19.7 Å². The van der Waals surface area contributed by atoms with Gasteiger partial charge in [0.25, 0.3) is 5.91 Å². The molecule has 2 aliphatic rings. The van der Waals surface area contributed by atoms with Crippen LogP contribution in [0.2, 0.25) is 0 Å². The number of piperidine rings is 1. The Morgan fingerprint density at radius 3 is 2.76 bits per heavy atom. The van der Waals surface area contributed by atoms with Gasteiger partial charge in [-0.1, -0.05) is 0 Å². The lowest BCUT2D eigenvalue weighted by molar-refractivity contribution is -0.136. The quantitative estimate of drug-likeness (QED) is 0.595. The summed E-state index contributed by atoms with van der Waals surface area (Å²) in [7, 11) is 1.57. The molecule has 1 aromatic rings. The summed E-state index contributed by atoms with van der Waals surface area (Å²) < 4.78 is 6.30. The van der Waals surface area contributed by atoms with E-state index in [0.29, 0.717) is 24.3 Å². The van der Waals surface area contributed by atoms with Crippen molar-refractivity contribution in [2.75, 3.05) is 7.11 Å². The molecule has 0 bridgehead atoms. The SMILES string of the molecule is COc1c(I)ccc2c1CN(C1CCC(=O)NC1=O)C2=O. The summed E-state index contributed by atoms with van der Waals surface area (Å²) in [6.45, 7) is 0.334. The Hall–Kier alpha value is -1.64.